The van der Waals surface area contributed by atoms with Crippen molar-refractivity contribution in [2.45, 2.75) is 37.6 Å². The number of amides is 1. The third kappa shape index (κ3) is 5.43. The Morgan fingerprint density at radius 2 is 1.57 bits per heavy atom. The molecule has 2 rings (SSSR count). The van der Waals surface area contributed by atoms with Crippen molar-refractivity contribution in [3.63, 3.8) is 0 Å². The molecule has 0 bridgehead atoms. The highest BCUT2D eigenvalue weighted by Crippen LogP contribution is 2.30. The molecular formula is C21H28N2O6S. The van der Waals surface area contributed by atoms with Gasteiger partial charge < -0.3 is 19.5 Å². The second-order valence-electron chi connectivity index (χ2n) is 6.96. The number of hydrogen-bond acceptors (Lipinski definition) is 6. The predicted octanol–water partition coefficient (Wildman–Crippen LogP) is 3.14. The average molecular weight is 437 g/mol. The molecule has 9 heteroatoms. The first-order valence-corrected chi connectivity index (χ1v) is 10.8. The lowest BCUT2D eigenvalue weighted by molar-refractivity contribution is -0.117. The highest BCUT2D eigenvalue weighted by atomic mass is 32.2. The van der Waals surface area contributed by atoms with Gasteiger partial charge in [0, 0.05) is 6.07 Å². The molecule has 1 atom stereocenters. The third-order valence-electron chi connectivity index (χ3n) is 4.54. The zero-order chi connectivity index (χ0) is 22.5. The van der Waals surface area contributed by atoms with E-state index in [0.29, 0.717) is 17.2 Å². The third-order valence-corrected chi connectivity index (χ3v) is 6.10. The van der Waals surface area contributed by atoms with Gasteiger partial charge in [-0.1, -0.05) is 19.9 Å². The molecule has 2 aromatic carbocycles. The number of rotatable bonds is 9. The van der Waals surface area contributed by atoms with Crippen molar-refractivity contribution in [3.05, 3.63) is 42.0 Å². The van der Waals surface area contributed by atoms with Gasteiger partial charge in [-0.05, 0) is 42.7 Å². The maximum absolute atomic E-state index is 12.9. The quantitative estimate of drug-likeness (QED) is 0.626. The van der Waals surface area contributed by atoms with Crippen molar-refractivity contribution in [2.75, 3.05) is 26.6 Å². The minimum absolute atomic E-state index is 0.0159. The summed E-state index contributed by atoms with van der Waals surface area (Å²) in [7, 11) is 0.372. The molecule has 0 aliphatic carbocycles. The topological polar surface area (TPSA) is 103 Å². The summed E-state index contributed by atoms with van der Waals surface area (Å²) in [5.74, 6) is 0.755. The fraction of sp³-hybridized carbons (Fsp3) is 0.381. The van der Waals surface area contributed by atoms with E-state index in [0.717, 1.165) is 5.56 Å². The van der Waals surface area contributed by atoms with Crippen LogP contribution < -0.4 is 24.2 Å². The maximum atomic E-state index is 12.9. The molecule has 0 radical (unpaired) electrons. The second kappa shape index (κ2) is 9.82. The first-order chi connectivity index (χ1) is 14.1. The predicted molar refractivity (Wildman–Crippen MR) is 115 cm³/mol. The van der Waals surface area contributed by atoms with Crippen molar-refractivity contribution >= 4 is 21.6 Å². The molecule has 8 nitrogen and oxygen atoms in total. The Kier molecular flexibility index (Phi) is 7.69. The highest BCUT2D eigenvalue weighted by molar-refractivity contribution is 7.89. The Hall–Kier alpha value is -2.78. The van der Waals surface area contributed by atoms with Crippen LogP contribution in [0.5, 0.6) is 17.2 Å². The molecule has 0 aliphatic rings. The Bertz CT molecular complexity index is 1000. The van der Waals surface area contributed by atoms with Crippen molar-refractivity contribution in [1.82, 2.24) is 4.72 Å². The van der Waals surface area contributed by atoms with Crippen molar-refractivity contribution in [2.24, 2.45) is 0 Å². The van der Waals surface area contributed by atoms with E-state index < -0.39 is 22.0 Å². The Balaban J connectivity index is 2.23. The van der Waals surface area contributed by atoms with E-state index in [-0.39, 0.29) is 16.6 Å². The van der Waals surface area contributed by atoms with E-state index in [1.807, 2.05) is 19.9 Å². The van der Waals surface area contributed by atoms with Crippen LogP contribution in [0.25, 0.3) is 0 Å². The molecule has 0 fully saturated rings. The number of methoxy groups -OCH3 is 3. The molecule has 0 spiro atoms. The van der Waals surface area contributed by atoms with Gasteiger partial charge in [-0.3, -0.25) is 4.79 Å². The van der Waals surface area contributed by atoms with Gasteiger partial charge in [-0.15, -0.1) is 0 Å². The smallest absolute Gasteiger partial charge is 0.244 e. The molecule has 0 saturated carbocycles. The summed E-state index contributed by atoms with van der Waals surface area (Å²) >= 11 is 0. The first-order valence-electron chi connectivity index (χ1n) is 9.36. The van der Waals surface area contributed by atoms with Gasteiger partial charge in [-0.2, -0.15) is 4.72 Å². The van der Waals surface area contributed by atoms with Crippen molar-refractivity contribution in [3.8, 4) is 17.2 Å². The summed E-state index contributed by atoms with van der Waals surface area (Å²) in [5, 5.41) is 2.67. The molecule has 0 saturated heterocycles. The van der Waals surface area contributed by atoms with E-state index in [1.54, 1.807) is 30.3 Å². The molecule has 0 aliphatic heterocycles. The van der Waals surface area contributed by atoms with E-state index in [2.05, 4.69) is 10.0 Å². The van der Waals surface area contributed by atoms with Crippen LogP contribution in [0.3, 0.4) is 0 Å². The Morgan fingerprint density at radius 3 is 2.13 bits per heavy atom. The standard InChI is InChI=1S/C21H28N2O6S/c1-13(2)15-7-10-18(28-5)20(11-15)30(25,26)23-14(3)21(24)22-17-9-8-16(27-4)12-19(17)29-6/h7-14,23H,1-6H3,(H,22,24). The van der Waals surface area contributed by atoms with Gasteiger partial charge >= 0.3 is 0 Å². The highest BCUT2D eigenvalue weighted by Gasteiger charge is 2.26. The number of ether oxygens (including phenoxy) is 3. The van der Waals surface area contributed by atoms with Crippen LogP contribution >= 0.6 is 0 Å². The van der Waals surface area contributed by atoms with Crippen LogP contribution in [0.4, 0.5) is 5.69 Å². The number of carbonyl (C=O) groups excluding carboxylic acids is 1. The van der Waals surface area contributed by atoms with Gasteiger partial charge in [-0.25, -0.2) is 8.42 Å². The largest absolute Gasteiger partial charge is 0.497 e. The van der Waals surface area contributed by atoms with Crippen molar-refractivity contribution < 1.29 is 27.4 Å². The van der Waals surface area contributed by atoms with Crippen LogP contribution in [0, 0.1) is 0 Å². The van der Waals surface area contributed by atoms with Crippen LogP contribution in [-0.4, -0.2) is 41.7 Å². The number of benzene rings is 2. The SMILES string of the molecule is COc1ccc(NC(=O)C(C)NS(=O)(=O)c2cc(C(C)C)ccc2OC)c(OC)c1. The second-order valence-corrected chi connectivity index (χ2v) is 8.65. The van der Waals surface area contributed by atoms with E-state index in [1.165, 1.54) is 28.3 Å². The number of nitrogens with one attached hydrogen (secondary N) is 2. The number of hydrogen-bond donors (Lipinski definition) is 2. The van der Waals surface area contributed by atoms with Crippen LogP contribution in [0.1, 0.15) is 32.3 Å². The molecule has 2 N–H and O–H groups in total. The molecule has 0 heterocycles. The average Bonchev–Trinajstić information content (AvgIpc) is 2.72. The van der Waals surface area contributed by atoms with Crippen molar-refractivity contribution in [1.29, 1.82) is 0 Å². The van der Waals surface area contributed by atoms with Gasteiger partial charge in [0.15, 0.2) is 0 Å². The molecule has 30 heavy (non-hydrogen) atoms. The lowest BCUT2D eigenvalue weighted by atomic mass is 10.0. The summed E-state index contributed by atoms with van der Waals surface area (Å²) in [6.07, 6.45) is 0. The molecular weight excluding hydrogens is 408 g/mol. The molecule has 1 unspecified atom stereocenters. The monoisotopic (exact) mass is 436 g/mol. The van der Waals surface area contributed by atoms with Crippen LogP contribution in [0.15, 0.2) is 41.3 Å². The van der Waals surface area contributed by atoms with E-state index in [4.69, 9.17) is 14.2 Å². The zero-order valence-electron chi connectivity index (χ0n) is 18.0. The Labute approximate surface area is 177 Å². The number of carbonyl (C=O) groups is 1. The summed E-state index contributed by atoms with van der Waals surface area (Å²) in [6, 6.07) is 8.83. The molecule has 1 amide bonds. The van der Waals surface area contributed by atoms with Crippen LogP contribution in [0.2, 0.25) is 0 Å². The maximum Gasteiger partial charge on any atom is 0.244 e. The van der Waals surface area contributed by atoms with Gasteiger partial charge in [0.1, 0.15) is 22.1 Å². The molecule has 0 aromatic heterocycles. The van der Waals surface area contributed by atoms with Crippen LogP contribution in [-0.2, 0) is 14.8 Å². The normalized spacial score (nSPS) is 12.4. The zero-order valence-corrected chi connectivity index (χ0v) is 18.8. The number of anilines is 1. The van der Waals surface area contributed by atoms with Gasteiger partial charge in [0.05, 0.1) is 33.1 Å². The molecule has 164 valence electrons. The lowest BCUT2D eigenvalue weighted by Gasteiger charge is -2.18. The summed E-state index contributed by atoms with van der Waals surface area (Å²) in [5.41, 5.74) is 1.24. The first kappa shape index (κ1) is 23.5. The van der Waals surface area contributed by atoms with E-state index >= 15 is 0 Å². The lowest BCUT2D eigenvalue weighted by Crippen LogP contribution is -2.41. The summed E-state index contributed by atoms with van der Waals surface area (Å²) in [4.78, 5) is 12.6. The van der Waals surface area contributed by atoms with Gasteiger partial charge in [0.2, 0.25) is 15.9 Å². The minimum Gasteiger partial charge on any atom is -0.497 e. The minimum atomic E-state index is -4.01. The van der Waals surface area contributed by atoms with Gasteiger partial charge in [0.25, 0.3) is 0 Å². The number of sulfonamides is 1. The fourth-order valence-electron chi connectivity index (χ4n) is 2.75. The van der Waals surface area contributed by atoms with E-state index in [9.17, 15) is 13.2 Å². The summed E-state index contributed by atoms with van der Waals surface area (Å²) < 4.78 is 43.9. The fourth-order valence-corrected chi connectivity index (χ4v) is 4.16. The molecule has 2 aromatic rings. The summed E-state index contributed by atoms with van der Waals surface area (Å²) in [6.45, 7) is 5.38. The Morgan fingerprint density at radius 1 is 0.900 bits per heavy atom.